The number of hydrogen-bond acceptors (Lipinski definition) is 6. The summed E-state index contributed by atoms with van der Waals surface area (Å²) in [4.78, 5) is 20.5. The second-order valence-electron chi connectivity index (χ2n) is 2.95. The van der Waals surface area contributed by atoms with Crippen molar-refractivity contribution >= 4 is 71.5 Å². The monoisotopic (exact) mass is 358 g/mol. The molecule has 0 spiro atoms. The summed E-state index contributed by atoms with van der Waals surface area (Å²) in [5.41, 5.74) is -1.39. The summed E-state index contributed by atoms with van der Waals surface area (Å²) in [5, 5.41) is 16.9. The second kappa shape index (κ2) is 14.2. The molecule has 102 valence electrons. The molecular weight excluding hydrogens is 345 g/mol. The Morgan fingerprint density at radius 2 is 1.22 bits per heavy atom. The Hall–Kier alpha value is 0.774. The van der Waals surface area contributed by atoms with Gasteiger partial charge in [0.05, 0.1) is 0 Å². The summed E-state index contributed by atoms with van der Waals surface area (Å²) < 4.78 is 0. The maximum Gasteiger partial charge on any atom is 0.265 e. The molecule has 0 fully saturated rings. The first kappa shape index (κ1) is 18.8. The molecule has 0 aliphatic carbocycles. The van der Waals surface area contributed by atoms with Gasteiger partial charge in [-0.05, 0) is 44.6 Å². The number of carbonyl (C=O) groups is 2. The van der Waals surface area contributed by atoms with Crippen molar-refractivity contribution in [2.45, 2.75) is 24.9 Å². The van der Waals surface area contributed by atoms with Gasteiger partial charge in [-0.15, -0.1) is 0 Å². The van der Waals surface area contributed by atoms with Gasteiger partial charge in [0.2, 0.25) is 0 Å². The van der Waals surface area contributed by atoms with Crippen LogP contribution in [0.5, 0.6) is 0 Å². The van der Waals surface area contributed by atoms with Crippen LogP contribution in [0.3, 0.4) is 0 Å². The van der Waals surface area contributed by atoms with E-state index >= 15 is 0 Å². The van der Waals surface area contributed by atoms with Crippen LogP contribution in [-0.2, 0) is 0 Å². The van der Waals surface area contributed by atoms with E-state index < -0.39 is 11.2 Å². The van der Waals surface area contributed by atoms with Gasteiger partial charge in [-0.1, -0.05) is 21.6 Å². The fourth-order valence-electron chi connectivity index (χ4n) is 0.760. The second-order valence-corrected chi connectivity index (χ2v) is 11.8. The van der Waals surface area contributed by atoms with Gasteiger partial charge < -0.3 is 10.2 Å². The van der Waals surface area contributed by atoms with Crippen molar-refractivity contribution in [3.63, 3.8) is 0 Å². The molecule has 0 saturated carbocycles. The van der Waals surface area contributed by atoms with Crippen LogP contribution in [0.1, 0.15) is 12.8 Å². The smallest absolute Gasteiger partial charge is 0.265 e. The molecule has 0 saturated heterocycles. The van der Waals surface area contributed by atoms with Gasteiger partial charge in [0, 0.05) is 11.5 Å². The van der Waals surface area contributed by atoms with E-state index in [1.54, 1.807) is 41.2 Å². The van der Waals surface area contributed by atoms with Gasteiger partial charge in [0.25, 0.3) is 11.2 Å². The predicted molar refractivity (Wildman–Crippen MR) is 86.5 cm³/mol. The lowest BCUT2D eigenvalue weighted by Gasteiger charge is -1.99. The van der Waals surface area contributed by atoms with E-state index in [9.17, 15) is 9.59 Å². The minimum atomic E-state index is -0.695. The van der Waals surface area contributed by atoms with E-state index in [0.717, 1.165) is 36.4 Å². The van der Waals surface area contributed by atoms with Crippen molar-refractivity contribution in [3.05, 3.63) is 0 Å². The first-order valence-electron chi connectivity index (χ1n) is 5.14. The van der Waals surface area contributed by atoms with Crippen molar-refractivity contribution in [3.8, 4) is 0 Å². The molecule has 18 heavy (non-hydrogen) atoms. The Morgan fingerprint density at radius 1 is 0.833 bits per heavy atom. The Kier molecular flexibility index (Phi) is 14.8. The zero-order valence-corrected chi connectivity index (χ0v) is 14.9. The van der Waals surface area contributed by atoms with Crippen LogP contribution in [0.4, 0.5) is 9.59 Å². The number of carboxylic acid groups (broad SMARTS) is 2. The number of hydrogen-bond donors (Lipinski definition) is 2. The number of rotatable bonds is 13. The molecule has 0 rings (SSSR count). The van der Waals surface area contributed by atoms with Crippen molar-refractivity contribution in [1.29, 1.82) is 0 Å². The topological polar surface area (TPSA) is 74.6 Å². The summed E-state index contributed by atoms with van der Waals surface area (Å²) in [6.07, 6.45) is 1.90. The van der Waals surface area contributed by atoms with E-state index in [0.29, 0.717) is 0 Å². The molecule has 0 atom stereocenters. The third-order valence-electron chi connectivity index (χ3n) is 1.49. The Morgan fingerprint density at radius 3 is 1.56 bits per heavy atom. The van der Waals surface area contributed by atoms with Crippen molar-refractivity contribution in [1.82, 2.24) is 0 Å². The largest absolute Gasteiger partial charge is 0.486 e. The minimum absolute atomic E-state index is 0.0332. The standard InChI is InChI=1S/C8H14O4S4Si2/c9-7(10)17-5-1-3-13-15-16-14-4-2-6-18-8(11)12/h1-6H2,(H,9,10)(H,11,12). The van der Waals surface area contributed by atoms with Crippen LogP contribution in [0.25, 0.3) is 0 Å². The first-order chi connectivity index (χ1) is 8.63. The maximum absolute atomic E-state index is 10.3. The Bertz CT molecular complexity index is 221. The summed E-state index contributed by atoms with van der Waals surface area (Å²) in [5.74, 6) is 1.97. The highest BCUT2D eigenvalue weighted by atomic mass is 33.7. The van der Waals surface area contributed by atoms with Gasteiger partial charge in [0.15, 0.2) is 19.0 Å². The molecule has 0 aliphatic rings. The third-order valence-corrected chi connectivity index (χ3v) is 9.93. The highest BCUT2D eigenvalue weighted by Gasteiger charge is 2.00. The van der Waals surface area contributed by atoms with Crippen LogP contribution >= 0.6 is 41.2 Å². The average molecular weight is 359 g/mol. The molecule has 10 heteroatoms. The molecule has 4 nitrogen and oxygen atoms in total. The summed E-state index contributed by atoms with van der Waals surface area (Å²) in [6.45, 7) is 0. The van der Waals surface area contributed by atoms with Crippen LogP contribution in [0, 0.1) is 0 Å². The predicted octanol–water partition coefficient (Wildman–Crippen LogP) is 4.05. The first-order valence-corrected chi connectivity index (χ1v) is 12.7. The lowest BCUT2D eigenvalue weighted by atomic mass is 10.6. The molecule has 0 amide bonds. The zero-order valence-electron chi connectivity index (χ0n) is 9.59. The van der Waals surface area contributed by atoms with E-state index in [1.165, 1.54) is 0 Å². The molecular formula is C8H14O4S4Si2. The van der Waals surface area contributed by atoms with Crippen molar-refractivity contribution in [2.75, 3.05) is 11.5 Å². The highest BCUT2D eigenvalue weighted by Crippen LogP contribution is 2.43. The molecule has 4 radical (unpaired) electrons. The van der Waals surface area contributed by atoms with Crippen molar-refractivity contribution in [2.24, 2.45) is 0 Å². The van der Waals surface area contributed by atoms with Crippen molar-refractivity contribution < 1.29 is 19.8 Å². The fraction of sp³-hybridized carbons (Fsp3) is 0.750. The lowest BCUT2D eigenvalue weighted by Crippen LogP contribution is -2.04. The van der Waals surface area contributed by atoms with Gasteiger partial charge >= 0.3 is 0 Å². The van der Waals surface area contributed by atoms with Crippen LogP contribution < -0.4 is 0 Å². The molecule has 0 aromatic rings. The Labute approximate surface area is 127 Å². The maximum atomic E-state index is 10.3. The van der Waals surface area contributed by atoms with E-state index in [1.807, 2.05) is 0 Å². The fourth-order valence-corrected chi connectivity index (χ4v) is 8.55. The zero-order chi connectivity index (χ0) is 13.6. The van der Waals surface area contributed by atoms with Crippen LogP contribution in [-0.4, -0.2) is 51.9 Å². The van der Waals surface area contributed by atoms with Crippen LogP contribution in [0.2, 0.25) is 12.1 Å². The average Bonchev–Trinajstić information content (AvgIpc) is 2.29. The third kappa shape index (κ3) is 16.8. The summed E-state index contributed by atoms with van der Waals surface area (Å²) in [7, 11) is 7.00. The Balaban J connectivity index is 2.99. The summed E-state index contributed by atoms with van der Waals surface area (Å²) >= 11 is 0. The van der Waals surface area contributed by atoms with Gasteiger partial charge in [0.1, 0.15) is 0 Å². The molecule has 2 N–H and O–H groups in total. The molecule has 0 unspecified atom stereocenters. The minimum Gasteiger partial charge on any atom is -0.486 e. The van der Waals surface area contributed by atoms with Gasteiger partial charge in [-0.2, -0.15) is 0 Å². The lowest BCUT2D eigenvalue weighted by molar-refractivity contribution is 0.218. The van der Waals surface area contributed by atoms with Gasteiger partial charge in [-0.25, -0.2) is 0 Å². The molecule has 0 heterocycles. The van der Waals surface area contributed by atoms with Crippen LogP contribution in [0.15, 0.2) is 0 Å². The normalized spacial score (nSPS) is 10.4. The SMILES string of the molecule is O=C(O)[Si]CCCSSSSCCC[Si]C(=O)O. The quantitative estimate of drug-likeness (QED) is 0.290. The highest BCUT2D eigenvalue weighted by molar-refractivity contribution is 9.26. The van der Waals surface area contributed by atoms with E-state index in [2.05, 4.69) is 0 Å². The van der Waals surface area contributed by atoms with E-state index in [4.69, 9.17) is 10.2 Å². The van der Waals surface area contributed by atoms with E-state index in [-0.39, 0.29) is 19.0 Å². The molecule has 0 aromatic heterocycles. The van der Waals surface area contributed by atoms with Gasteiger partial charge in [-0.3, -0.25) is 9.59 Å². The summed E-state index contributed by atoms with van der Waals surface area (Å²) in [6, 6.07) is 1.55. The molecule has 0 bridgehead atoms. The molecule has 0 aromatic carbocycles. The molecule has 0 aliphatic heterocycles.